The van der Waals surface area contributed by atoms with Gasteiger partial charge in [-0.25, -0.2) is 14.1 Å². The zero-order chi connectivity index (χ0) is 21.8. The van der Waals surface area contributed by atoms with Crippen molar-refractivity contribution in [3.63, 3.8) is 0 Å². The van der Waals surface area contributed by atoms with Gasteiger partial charge in [0, 0.05) is 4.90 Å². The fourth-order valence-electron chi connectivity index (χ4n) is 2.42. The second-order valence-corrected chi connectivity index (χ2v) is 6.72. The van der Waals surface area contributed by atoms with Crippen LogP contribution in [0.5, 0.6) is 0 Å². The number of hydrogen-bond donors (Lipinski definition) is 1. The van der Waals surface area contributed by atoms with Crippen LogP contribution in [0.4, 0.5) is 28.0 Å². The number of imide groups is 1. The summed E-state index contributed by atoms with van der Waals surface area (Å²) in [6, 6.07) is 8.97. The standard InChI is InChI=1S/C12H8F3N3O2.C7H7FS/c1-6-10(19)18(11(20)17-6)8-3-2-7(5-16)9(4-8)12(13,14)15;1-9-7-4-2-6(8)3-5-7/h2-4,6H,1H3,(H,17,20);2-5H,1H3. The topological polar surface area (TPSA) is 73.2 Å². The van der Waals surface area contributed by atoms with E-state index in [0.717, 1.165) is 17.0 Å². The van der Waals surface area contributed by atoms with Crippen molar-refractivity contribution in [3.05, 3.63) is 59.4 Å². The van der Waals surface area contributed by atoms with Crippen molar-refractivity contribution in [1.82, 2.24) is 5.32 Å². The normalized spacial score (nSPS) is 16.0. The van der Waals surface area contributed by atoms with Crippen LogP contribution in [0.3, 0.4) is 0 Å². The number of anilines is 1. The van der Waals surface area contributed by atoms with Gasteiger partial charge < -0.3 is 5.32 Å². The highest BCUT2D eigenvalue weighted by atomic mass is 32.2. The molecule has 2 aromatic carbocycles. The molecule has 1 heterocycles. The molecule has 0 spiro atoms. The minimum Gasteiger partial charge on any atom is -0.326 e. The number of amides is 3. The Balaban J connectivity index is 0.000000278. The Labute approximate surface area is 168 Å². The van der Waals surface area contributed by atoms with E-state index in [4.69, 9.17) is 5.26 Å². The van der Waals surface area contributed by atoms with Gasteiger partial charge in [0.1, 0.15) is 11.9 Å². The maximum Gasteiger partial charge on any atom is 0.417 e. The second kappa shape index (κ2) is 8.96. The van der Waals surface area contributed by atoms with Crippen LogP contribution in [0.25, 0.3) is 0 Å². The molecule has 0 radical (unpaired) electrons. The number of nitrogens with zero attached hydrogens (tertiary/aromatic N) is 2. The van der Waals surface area contributed by atoms with Gasteiger partial charge in [-0.15, -0.1) is 11.8 Å². The molecule has 2 aromatic rings. The summed E-state index contributed by atoms with van der Waals surface area (Å²) < 4.78 is 50.7. The van der Waals surface area contributed by atoms with E-state index in [0.29, 0.717) is 11.0 Å². The molecule has 3 rings (SSSR count). The molecule has 29 heavy (non-hydrogen) atoms. The number of hydrogen-bond acceptors (Lipinski definition) is 4. The fraction of sp³-hybridized carbons (Fsp3) is 0.211. The number of carbonyl (C=O) groups is 2. The summed E-state index contributed by atoms with van der Waals surface area (Å²) in [5.41, 5.74) is -1.97. The highest BCUT2D eigenvalue weighted by Crippen LogP contribution is 2.35. The van der Waals surface area contributed by atoms with Crippen molar-refractivity contribution in [2.24, 2.45) is 0 Å². The molecule has 1 N–H and O–H groups in total. The first-order chi connectivity index (χ1) is 13.6. The van der Waals surface area contributed by atoms with Gasteiger partial charge in [0.15, 0.2) is 0 Å². The third kappa shape index (κ3) is 5.26. The van der Waals surface area contributed by atoms with Gasteiger partial charge in [0.2, 0.25) is 0 Å². The van der Waals surface area contributed by atoms with E-state index in [9.17, 15) is 27.2 Å². The van der Waals surface area contributed by atoms with Gasteiger partial charge >= 0.3 is 12.2 Å². The van der Waals surface area contributed by atoms with Crippen LogP contribution in [0, 0.1) is 17.1 Å². The van der Waals surface area contributed by atoms with Crippen molar-refractivity contribution in [3.8, 4) is 6.07 Å². The largest absolute Gasteiger partial charge is 0.417 e. The van der Waals surface area contributed by atoms with Gasteiger partial charge in [-0.2, -0.15) is 18.4 Å². The molecule has 3 amide bonds. The lowest BCUT2D eigenvalue weighted by molar-refractivity contribution is -0.137. The molecular formula is C19H15F4N3O2S. The molecule has 1 aliphatic heterocycles. The Morgan fingerprint density at radius 1 is 1.14 bits per heavy atom. The lowest BCUT2D eigenvalue weighted by Gasteiger charge is -2.16. The molecule has 0 aliphatic carbocycles. The molecule has 0 aromatic heterocycles. The van der Waals surface area contributed by atoms with E-state index in [1.807, 2.05) is 6.26 Å². The summed E-state index contributed by atoms with van der Waals surface area (Å²) >= 11 is 1.61. The zero-order valence-corrected chi connectivity index (χ0v) is 16.1. The summed E-state index contributed by atoms with van der Waals surface area (Å²) in [6.45, 7) is 1.43. The number of carbonyl (C=O) groups excluding carboxylic acids is 2. The minimum absolute atomic E-state index is 0.173. The third-order valence-electron chi connectivity index (χ3n) is 3.87. The Kier molecular flexibility index (Phi) is 6.87. The molecule has 1 fully saturated rings. The Hall–Kier alpha value is -3.06. The second-order valence-electron chi connectivity index (χ2n) is 5.84. The average molecular weight is 425 g/mol. The van der Waals surface area contributed by atoms with Gasteiger partial charge in [0.05, 0.1) is 22.9 Å². The van der Waals surface area contributed by atoms with E-state index in [1.165, 1.54) is 25.1 Å². The Morgan fingerprint density at radius 3 is 2.21 bits per heavy atom. The summed E-state index contributed by atoms with van der Waals surface area (Å²) in [4.78, 5) is 25.0. The highest BCUT2D eigenvalue weighted by Gasteiger charge is 2.39. The minimum atomic E-state index is -4.74. The first kappa shape index (κ1) is 22.2. The lowest BCUT2D eigenvalue weighted by atomic mass is 10.1. The van der Waals surface area contributed by atoms with Crippen molar-refractivity contribution in [2.75, 3.05) is 11.2 Å². The smallest absolute Gasteiger partial charge is 0.326 e. The van der Waals surface area contributed by atoms with E-state index in [-0.39, 0.29) is 11.5 Å². The molecule has 1 saturated heterocycles. The molecule has 10 heteroatoms. The van der Waals surface area contributed by atoms with Crippen LogP contribution >= 0.6 is 11.8 Å². The first-order valence-electron chi connectivity index (χ1n) is 8.14. The van der Waals surface area contributed by atoms with E-state index < -0.39 is 35.3 Å². The van der Waals surface area contributed by atoms with Crippen LogP contribution in [0.1, 0.15) is 18.1 Å². The number of nitriles is 1. The van der Waals surface area contributed by atoms with Gasteiger partial charge in [0.25, 0.3) is 5.91 Å². The number of urea groups is 1. The van der Waals surface area contributed by atoms with Gasteiger partial charge in [-0.1, -0.05) is 0 Å². The van der Waals surface area contributed by atoms with E-state index in [1.54, 1.807) is 23.9 Å². The molecule has 0 saturated carbocycles. The lowest BCUT2D eigenvalue weighted by Crippen LogP contribution is -2.31. The Morgan fingerprint density at radius 2 is 1.76 bits per heavy atom. The maximum absolute atomic E-state index is 12.8. The predicted molar refractivity (Wildman–Crippen MR) is 99.8 cm³/mol. The quantitative estimate of drug-likeness (QED) is 0.435. The number of halogens is 4. The Bertz CT molecular complexity index is 955. The van der Waals surface area contributed by atoms with Crippen LogP contribution < -0.4 is 10.2 Å². The number of alkyl halides is 3. The predicted octanol–water partition coefficient (Wildman–Crippen LogP) is 4.57. The fourth-order valence-corrected chi connectivity index (χ4v) is 2.83. The summed E-state index contributed by atoms with van der Waals surface area (Å²) in [5.74, 6) is -0.819. The number of nitrogens with one attached hydrogen (secondary N) is 1. The summed E-state index contributed by atoms with van der Waals surface area (Å²) in [6.07, 6.45) is -2.78. The monoisotopic (exact) mass is 425 g/mol. The summed E-state index contributed by atoms with van der Waals surface area (Å²) in [5, 5.41) is 11.0. The molecule has 1 aliphatic rings. The maximum atomic E-state index is 12.8. The van der Waals surface area contributed by atoms with Crippen LogP contribution in [0.2, 0.25) is 0 Å². The van der Waals surface area contributed by atoms with Gasteiger partial charge in [-0.05, 0) is 55.6 Å². The first-order valence-corrected chi connectivity index (χ1v) is 9.36. The van der Waals surface area contributed by atoms with Crippen molar-refractivity contribution in [2.45, 2.75) is 24.0 Å². The third-order valence-corrected chi connectivity index (χ3v) is 4.61. The van der Waals surface area contributed by atoms with Crippen LogP contribution in [-0.2, 0) is 11.0 Å². The van der Waals surface area contributed by atoms with Crippen LogP contribution in [0.15, 0.2) is 47.4 Å². The molecular weight excluding hydrogens is 410 g/mol. The number of rotatable bonds is 2. The van der Waals surface area contributed by atoms with Crippen molar-refractivity contribution < 1.29 is 27.2 Å². The van der Waals surface area contributed by atoms with Crippen LogP contribution in [-0.4, -0.2) is 24.2 Å². The van der Waals surface area contributed by atoms with Gasteiger partial charge in [-0.3, -0.25) is 4.79 Å². The average Bonchev–Trinajstić information content (AvgIpc) is 2.93. The van der Waals surface area contributed by atoms with Crippen molar-refractivity contribution >= 4 is 29.4 Å². The highest BCUT2D eigenvalue weighted by molar-refractivity contribution is 7.98. The van der Waals surface area contributed by atoms with E-state index in [2.05, 4.69) is 5.32 Å². The number of thioether (sulfide) groups is 1. The molecule has 1 atom stereocenters. The molecule has 152 valence electrons. The van der Waals surface area contributed by atoms with Crippen molar-refractivity contribution in [1.29, 1.82) is 5.26 Å². The summed E-state index contributed by atoms with van der Waals surface area (Å²) in [7, 11) is 0. The molecule has 1 unspecified atom stereocenters. The zero-order valence-electron chi connectivity index (χ0n) is 15.2. The molecule has 5 nitrogen and oxygen atoms in total. The van der Waals surface area contributed by atoms with E-state index >= 15 is 0 Å². The molecule has 0 bridgehead atoms. The SMILES string of the molecule is CC1NC(=O)N(c2ccc(C#N)c(C(F)(F)F)c2)C1=O.CSc1ccc(F)cc1. The number of benzene rings is 2.